The van der Waals surface area contributed by atoms with Gasteiger partial charge in [-0.15, -0.1) is 0 Å². The molecule has 0 saturated heterocycles. The lowest BCUT2D eigenvalue weighted by atomic mass is 10.1. The fourth-order valence-electron chi connectivity index (χ4n) is 3.07. The van der Waals surface area contributed by atoms with Crippen molar-refractivity contribution in [2.24, 2.45) is 0 Å². The van der Waals surface area contributed by atoms with Crippen LogP contribution in [0.4, 0.5) is 11.5 Å². The summed E-state index contributed by atoms with van der Waals surface area (Å²) in [5.74, 6) is 0.615. The van der Waals surface area contributed by atoms with E-state index in [0.29, 0.717) is 5.82 Å². The van der Waals surface area contributed by atoms with Gasteiger partial charge in [0.15, 0.2) is 0 Å². The Hall–Kier alpha value is -1.92. The summed E-state index contributed by atoms with van der Waals surface area (Å²) >= 11 is 0. The van der Waals surface area contributed by atoms with Gasteiger partial charge in [0, 0.05) is 24.0 Å². The Morgan fingerprint density at radius 3 is 1.96 bits per heavy atom. The average molecular weight is 362 g/mol. The standard InChI is InChI=1S/C19H27N3O2S/c1-13(2)22(14(3)4)25(23,24)18-7-8-19(20-12-18)21-17-10-15(5)9-16(6)11-17/h7-14H,1-6H3,(H,20,21). The molecule has 1 aromatic heterocycles. The van der Waals surface area contributed by atoms with E-state index in [1.165, 1.54) is 10.5 Å². The van der Waals surface area contributed by atoms with Gasteiger partial charge in [-0.05, 0) is 76.9 Å². The predicted octanol–water partition coefficient (Wildman–Crippen LogP) is 4.25. The highest BCUT2D eigenvalue weighted by Gasteiger charge is 2.29. The van der Waals surface area contributed by atoms with Gasteiger partial charge in [-0.1, -0.05) is 6.07 Å². The number of aryl methyl sites for hydroxylation is 2. The molecule has 136 valence electrons. The SMILES string of the molecule is Cc1cc(C)cc(Nc2ccc(S(=O)(=O)N(C(C)C)C(C)C)cn2)c1. The van der Waals surface area contributed by atoms with Crippen molar-refractivity contribution in [3.63, 3.8) is 0 Å². The topological polar surface area (TPSA) is 62.3 Å². The summed E-state index contributed by atoms with van der Waals surface area (Å²) in [6, 6.07) is 9.22. The van der Waals surface area contributed by atoms with Crippen LogP contribution in [-0.4, -0.2) is 29.8 Å². The Bertz CT molecular complexity index is 800. The van der Waals surface area contributed by atoms with E-state index in [9.17, 15) is 8.42 Å². The minimum atomic E-state index is -3.56. The molecule has 2 rings (SSSR count). The highest BCUT2D eigenvalue weighted by atomic mass is 32.2. The third-order valence-corrected chi connectivity index (χ3v) is 6.06. The Morgan fingerprint density at radius 1 is 0.960 bits per heavy atom. The molecule has 0 radical (unpaired) electrons. The van der Waals surface area contributed by atoms with Crippen LogP contribution in [0.1, 0.15) is 38.8 Å². The first-order valence-electron chi connectivity index (χ1n) is 8.46. The minimum absolute atomic E-state index is 0.113. The van der Waals surface area contributed by atoms with E-state index in [2.05, 4.69) is 16.4 Å². The number of pyridine rings is 1. The number of hydrogen-bond donors (Lipinski definition) is 1. The van der Waals surface area contributed by atoms with Crippen molar-refractivity contribution in [2.45, 2.75) is 58.5 Å². The molecule has 2 aromatic rings. The van der Waals surface area contributed by atoms with Crippen LogP contribution in [0.25, 0.3) is 0 Å². The molecule has 0 aliphatic rings. The lowest BCUT2D eigenvalue weighted by Crippen LogP contribution is -2.41. The molecule has 25 heavy (non-hydrogen) atoms. The highest BCUT2D eigenvalue weighted by Crippen LogP contribution is 2.23. The van der Waals surface area contributed by atoms with Crippen molar-refractivity contribution >= 4 is 21.5 Å². The molecular formula is C19H27N3O2S. The molecule has 0 aliphatic carbocycles. The van der Waals surface area contributed by atoms with Crippen molar-refractivity contribution in [3.05, 3.63) is 47.7 Å². The fourth-order valence-corrected chi connectivity index (χ4v) is 4.85. The zero-order valence-corrected chi connectivity index (χ0v) is 16.6. The monoisotopic (exact) mass is 361 g/mol. The Kier molecular flexibility index (Phi) is 5.85. The van der Waals surface area contributed by atoms with Crippen LogP contribution in [0.2, 0.25) is 0 Å². The normalized spacial score (nSPS) is 12.2. The molecule has 1 aromatic carbocycles. The van der Waals surface area contributed by atoms with Crippen LogP contribution in [-0.2, 0) is 10.0 Å². The van der Waals surface area contributed by atoms with Gasteiger partial charge in [0.25, 0.3) is 0 Å². The number of benzene rings is 1. The maximum atomic E-state index is 12.8. The third kappa shape index (κ3) is 4.58. The van der Waals surface area contributed by atoms with Gasteiger partial charge in [0.05, 0.1) is 0 Å². The molecule has 0 aliphatic heterocycles. The Morgan fingerprint density at radius 2 is 1.52 bits per heavy atom. The average Bonchev–Trinajstić information content (AvgIpc) is 2.45. The van der Waals surface area contributed by atoms with E-state index < -0.39 is 10.0 Å². The number of rotatable bonds is 6. The molecule has 0 fully saturated rings. The molecule has 1 heterocycles. The number of sulfonamides is 1. The van der Waals surface area contributed by atoms with Gasteiger partial charge in [-0.2, -0.15) is 4.31 Å². The molecule has 0 unspecified atom stereocenters. The minimum Gasteiger partial charge on any atom is -0.340 e. The largest absolute Gasteiger partial charge is 0.340 e. The Balaban J connectivity index is 2.27. The molecule has 0 saturated carbocycles. The number of nitrogens with one attached hydrogen (secondary N) is 1. The summed E-state index contributed by atoms with van der Waals surface area (Å²) in [6.07, 6.45) is 1.41. The zero-order valence-electron chi connectivity index (χ0n) is 15.7. The first-order chi connectivity index (χ1) is 11.6. The molecular weight excluding hydrogens is 334 g/mol. The molecule has 0 spiro atoms. The third-order valence-electron chi connectivity index (χ3n) is 3.82. The predicted molar refractivity (Wildman–Crippen MR) is 103 cm³/mol. The highest BCUT2D eigenvalue weighted by molar-refractivity contribution is 7.89. The van der Waals surface area contributed by atoms with E-state index in [0.717, 1.165) is 16.8 Å². The van der Waals surface area contributed by atoms with Gasteiger partial charge in [0.1, 0.15) is 10.7 Å². The zero-order chi connectivity index (χ0) is 18.8. The summed E-state index contributed by atoms with van der Waals surface area (Å²) in [6.45, 7) is 11.6. The van der Waals surface area contributed by atoms with E-state index in [1.807, 2.05) is 53.7 Å². The molecule has 0 bridgehead atoms. The van der Waals surface area contributed by atoms with Crippen molar-refractivity contribution in [1.29, 1.82) is 0 Å². The molecule has 0 amide bonds. The number of aromatic nitrogens is 1. The lowest BCUT2D eigenvalue weighted by Gasteiger charge is -2.29. The van der Waals surface area contributed by atoms with E-state index in [-0.39, 0.29) is 17.0 Å². The first-order valence-corrected chi connectivity index (χ1v) is 9.90. The van der Waals surface area contributed by atoms with Crippen LogP contribution in [0.5, 0.6) is 0 Å². The van der Waals surface area contributed by atoms with E-state index in [1.54, 1.807) is 12.1 Å². The number of anilines is 2. The maximum Gasteiger partial charge on any atom is 0.245 e. The Labute approximate surface area is 151 Å². The molecule has 0 atom stereocenters. The molecule has 5 nitrogen and oxygen atoms in total. The summed E-state index contributed by atoms with van der Waals surface area (Å²) in [5, 5.41) is 3.22. The van der Waals surface area contributed by atoms with Crippen LogP contribution in [0.15, 0.2) is 41.4 Å². The first kappa shape index (κ1) is 19.4. The van der Waals surface area contributed by atoms with Crippen LogP contribution < -0.4 is 5.32 Å². The molecule has 1 N–H and O–H groups in total. The quantitative estimate of drug-likeness (QED) is 0.835. The maximum absolute atomic E-state index is 12.8. The van der Waals surface area contributed by atoms with Crippen molar-refractivity contribution in [1.82, 2.24) is 9.29 Å². The molecule has 6 heteroatoms. The van der Waals surface area contributed by atoms with Crippen molar-refractivity contribution < 1.29 is 8.42 Å². The van der Waals surface area contributed by atoms with E-state index >= 15 is 0 Å². The summed E-state index contributed by atoms with van der Waals surface area (Å²) in [7, 11) is -3.56. The number of nitrogens with zero attached hydrogens (tertiary/aromatic N) is 2. The van der Waals surface area contributed by atoms with E-state index in [4.69, 9.17) is 0 Å². The fraction of sp³-hybridized carbons (Fsp3) is 0.421. The lowest BCUT2D eigenvalue weighted by molar-refractivity contribution is 0.302. The summed E-state index contributed by atoms with van der Waals surface area (Å²) in [4.78, 5) is 4.49. The van der Waals surface area contributed by atoms with Gasteiger partial charge in [-0.25, -0.2) is 13.4 Å². The van der Waals surface area contributed by atoms with Crippen LogP contribution in [0.3, 0.4) is 0 Å². The number of hydrogen-bond acceptors (Lipinski definition) is 4. The second-order valence-electron chi connectivity index (χ2n) is 6.90. The van der Waals surface area contributed by atoms with Crippen molar-refractivity contribution in [3.8, 4) is 0 Å². The smallest absolute Gasteiger partial charge is 0.245 e. The summed E-state index contributed by atoms with van der Waals surface area (Å²) in [5.41, 5.74) is 3.25. The second kappa shape index (κ2) is 7.54. The van der Waals surface area contributed by atoms with Gasteiger partial charge in [0.2, 0.25) is 10.0 Å². The van der Waals surface area contributed by atoms with Crippen LogP contribution >= 0.6 is 0 Å². The van der Waals surface area contributed by atoms with Crippen molar-refractivity contribution in [2.75, 3.05) is 5.32 Å². The van der Waals surface area contributed by atoms with Gasteiger partial charge in [-0.3, -0.25) is 0 Å². The summed E-state index contributed by atoms with van der Waals surface area (Å²) < 4.78 is 27.2. The second-order valence-corrected chi connectivity index (χ2v) is 8.75. The van der Waals surface area contributed by atoms with Crippen LogP contribution in [0, 0.1) is 13.8 Å². The van der Waals surface area contributed by atoms with Gasteiger partial charge >= 0.3 is 0 Å². The van der Waals surface area contributed by atoms with Gasteiger partial charge < -0.3 is 5.32 Å².